The number of nitrogens with zero attached hydrogens (tertiary/aromatic N) is 3. The number of amides is 1. The number of alkyl carbamates (subject to hydrolysis) is 1. The molecule has 7 rings (SSSR count). The van der Waals surface area contributed by atoms with E-state index in [0.717, 1.165) is 85.4 Å². The summed E-state index contributed by atoms with van der Waals surface area (Å²) >= 11 is 8.74. The average Bonchev–Trinajstić information content (AvgIpc) is 3.86. The Morgan fingerprint density at radius 3 is 2.53 bits per heavy atom. The lowest BCUT2D eigenvalue weighted by molar-refractivity contribution is 0.0507. The molecule has 0 bridgehead atoms. The number of hydrogen-bond acceptors (Lipinski definition) is 8. The van der Waals surface area contributed by atoms with Gasteiger partial charge in [-0.15, -0.1) is 11.8 Å². The summed E-state index contributed by atoms with van der Waals surface area (Å²) in [5.74, 6) is 1.44. The first kappa shape index (κ1) is 41.0. The molecule has 0 saturated carbocycles. The third-order valence-corrected chi connectivity index (χ3v) is 11.4. The summed E-state index contributed by atoms with van der Waals surface area (Å²) < 4.78 is 41.2. The highest BCUT2D eigenvalue weighted by molar-refractivity contribution is 7.98. The number of carbonyl (C=O) groups is 2. The maximum absolute atomic E-state index is 14.4. The van der Waals surface area contributed by atoms with Crippen LogP contribution >= 0.6 is 23.4 Å². The molecule has 0 spiro atoms. The van der Waals surface area contributed by atoms with Crippen LogP contribution in [0.1, 0.15) is 73.5 Å². The first-order valence-electron chi connectivity index (χ1n) is 19.5. The summed E-state index contributed by atoms with van der Waals surface area (Å²) in [6.07, 6.45) is 2.27. The summed E-state index contributed by atoms with van der Waals surface area (Å²) in [6.45, 7) is 8.69. The van der Waals surface area contributed by atoms with Gasteiger partial charge in [0.15, 0.2) is 0 Å². The number of benzene rings is 4. The van der Waals surface area contributed by atoms with E-state index in [1.54, 1.807) is 31.9 Å². The first-order chi connectivity index (χ1) is 27.8. The number of fused-ring (bicyclic) bond motifs is 3. The van der Waals surface area contributed by atoms with Crippen molar-refractivity contribution in [1.29, 1.82) is 0 Å². The molecule has 2 aromatic heterocycles. The molecule has 3 heterocycles. The Labute approximate surface area is 346 Å². The van der Waals surface area contributed by atoms with Gasteiger partial charge < -0.3 is 28.8 Å². The highest BCUT2D eigenvalue weighted by Crippen LogP contribution is 2.43. The molecule has 1 aliphatic heterocycles. The number of esters is 1. The zero-order chi connectivity index (χ0) is 41.1. The molecular weight excluding hydrogens is 779 g/mol. The standard InChI is InChI=1S/C45H48ClFN4O6S/c1-7-55-43(52)42-33(10-9-21-56-38-24-31(23-28-22-29(47)14-17-32(28)38)58-26-27-12-15-30(54-6)16-13-27)34-18-19-35(46)39(41(34)50(42)5)40-36(49-51-20-8-11-37(40)51)25-48-44(53)57-45(2,3)4/h12-19,22-24H,7-11,20-21,25-26H2,1-6H3,(H,48,53). The van der Waals surface area contributed by atoms with Gasteiger partial charge in [0.25, 0.3) is 0 Å². The van der Waals surface area contributed by atoms with Crippen LogP contribution in [0.15, 0.2) is 71.6 Å². The van der Waals surface area contributed by atoms with Gasteiger partial charge in [-0.1, -0.05) is 29.8 Å². The third kappa shape index (κ3) is 8.78. The summed E-state index contributed by atoms with van der Waals surface area (Å²) in [6, 6.07) is 20.5. The molecule has 1 amide bonds. The molecule has 0 radical (unpaired) electrons. The number of ether oxygens (including phenoxy) is 4. The highest BCUT2D eigenvalue weighted by Gasteiger charge is 2.30. The molecule has 1 N–H and O–H groups in total. The van der Waals surface area contributed by atoms with Crippen molar-refractivity contribution >= 4 is 57.1 Å². The summed E-state index contributed by atoms with van der Waals surface area (Å²) in [4.78, 5) is 27.4. The minimum Gasteiger partial charge on any atom is -0.497 e. The van der Waals surface area contributed by atoms with E-state index >= 15 is 0 Å². The second-order valence-corrected chi connectivity index (χ2v) is 16.7. The van der Waals surface area contributed by atoms with Crippen LogP contribution in [-0.4, -0.2) is 52.3 Å². The molecule has 304 valence electrons. The third-order valence-electron chi connectivity index (χ3n) is 10.1. The van der Waals surface area contributed by atoms with Crippen molar-refractivity contribution < 1.29 is 32.9 Å². The number of thioether (sulfide) groups is 1. The number of hydrogen-bond donors (Lipinski definition) is 1. The van der Waals surface area contributed by atoms with E-state index in [-0.39, 0.29) is 19.0 Å². The predicted octanol–water partition coefficient (Wildman–Crippen LogP) is 10.4. The van der Waals surface area contributed by atoms with E-state index in [4.69, 9.17) is 35.6 Å². The molecular formula is C45H48ClFN4O6S. The van der Waals surface area contributed by atoms with Gasteiger partial charge in [-0.05, 0) is 118 Å². The van der Waals surface area contributed by atoms with E-state index in [0.29, 0.717) is 41.6 Å². The Morgan fingerprint density at radius 2 is 1.79 bits per heavy atom. The molecule has 0 saturated heterocycles. The quantitative estimate of drug-likeness (QED) is 0.0657. The van der Waals surface area contributed by atoms with Crippen LogP contribution in [-0.2, 0) is 48.2 Å². The fourth-order valence-corrected chi connectivity index (χ4v) is 8.80. The normalized spacial score (nSPS) is 12.6. The largest absolute Gasteiger partial charge is 0.497 e. The van der Waals surface area contributed by atoms with Crippen molar-refractivity contribution in [2.45, 2.75) is 82.7 Å². The van der Waals surface area contributed by atoms with E-state index < -0.39 is 17.7 Å². The van der Waals surface area contributed by atoms with Crippen molar-refractivity contribution in [1.82, 2.24) is 19.7 Å². The number of carbonyl (C=O) groups excluding carboxylic acids is 2. The number of aromatic nitrogens is 3. The second kappa shape index (κ2) is 17.3. The number of halogens is 2. The van der Waals surface area contributed by atoms with Crippen LogP contribution in [0.5, 0.6) is 11.5 Å². The first-order valence-corrected chi connectivity index (χ1v) is 20.9. The maximum atomic E-state index is 14.4. The minimum atomic E-state index is -0.652. The van der Waals surface area contributed by atoms with Crippen LogP contribution in [0.2, 0.25) is 5.02 Å². The zero-order valence-electron chi connectivity index (χ0n) is 33.7. The van der Waals surface area contributed by atoms with Gasteiger partial charge >= 0.3 is 12.1 Å². The van der Waals surface area contributed by atoms with Crippen molar-refractivity contribution in [3.05, 3.63) is 106 Å². The molecule has 6 aromatic rings. The summed E-state index contributed by atoms with van der Waals surface area (Å²) in [5, 5.41) is 10.7. The van der Waals surface area contributed by atoms with Crippen LogP contribution < -0.4 is 14.8 Å². The Kier molecular flexibility index (Phi) is 12.3. The second-order valence-electron chi connectivity index (χ2n) is 15.3. The molecule has 1 aliphatic rings. The zero-order valence-corrected chi connectivity index (χ0v) is 35.2. The average molecular weight is 827 g/mol. The molecule has 0 atom stereocenters. The Morgan fingerprint density at radius 1 is 1.02 bits per heavy atom. The van der Waals surface area contributed by atoms with E-state index in [1.807, 2.05) is 85.6 Å². The van der Waals surface area contributed by atoms with E-state index in [2.05, 4.69) is 5.32 Å². The van der Waals surface area contributed by atoms with Crippen molar-refractivity contribution in [2.24, 2.45) is 7.05 Å². The van der Waals surface area contributed by atoms with Gasteiger partial charge in [-0.25, -0.2) is 14.0 Å². The van der Waals surface area contributed by atoms with Crippen LogP contribution in [0.4, 0.5) is 9.18 Å². The summed E-state index contributed by atoms with van der Waals surface area (Å²) in [5.41, 5.74) is 5.82. The van der Waals surface area contributed by atoms with Gasteiger partial charge in [-0.3, -0.25) is 4.68 Å². The molecule has 10 nitrogen and oxygen atoms in total. The SMILES string of the molecule is CCOC(=O)c1c(CCCOc2cc(SCc3ccc(OC)cc3)cc3cc(F)ccc23)c2ccc(Cl)c(-c3c(CNC(=O)OC(C)(C)C)nn4c3CCC4)c2n1C. The number of nitrogens with one attached hydrogen (secondary N) is 1. The number of rotatable bonds is 14. The van der Waals surface area contributed by atoms with Crippen LogP contribution in [0.3, 0.4) is 0 Å². The fraction of sp³-hybridized carbons (Fsp3) is 0.356. The lowest BCUT2D eigenvalue weighted by Crippen LogP contribution is -2.32. The number of aryl methyl sites for hydroxylation is 3. The molecule has 13 heteroatoms. The van der Waals surface area contributed by atoms with Gasteiger partial charge in [0.1, 0.15) is 28.6 Å². The van der Waals surface area contributed by atoms with Crippen molar-refractivity contribution in [3.8, 4) is 22.6 Å². The fourth-order valence-electron chi connectivity index (χ4n) is 7.62. The lowest BCUT2D eigenvalue weighted by atomic mass is 9.97. The molecule has 0 aliphatic carbocycles. The van der Waals surface area contributed by atoms with Gasteiger partial charge in [0.05, 0.1) is 43.1 Å². The molecule has 58 heavy (non-hydrogen) atoms. The number of methoxy groups -OCH3 is 1. The molecule has 0 unspecified atom stereocenters. The monoisotopic (exact) mass is 826 g/mol. The van der Waals surface area contributed by atoms with Gasteiger partial charge in [0, 0.05) is 51.8 Å². The van der Waals surface area contributed by atoms with Gasteiger partial charge in [-0.2, -0.15) is 5.10 Å². The van der Waals surface area contributed by atoms with Crippen molar-refractivity contribution in [2.75, 3.05) is 20.3 Å². The maximum Gasteiger partial charge on any atom is 0.407 e. The predicted molar refractivity (Wildman–Crippen MR) is 227 cm³/mol. The summed E-state index contributed by atoms with van der Waals surface area (Å²) in [7, 11) is 3.50. The van der Waals surface area contributed by atoms with E-state index in [1.165, 1.54) is 12.1 Å². The van der Waals surface area contributed by atoms with Gasteiger partial charge in [0.2, 0.25) is 0 Å². The van der Waals surface area contributed by atoms with Crippen molar-refractivity contribution in [3.63, 3.8) is 0 Å². The Hall–Kier alpha value is -5.20. The van der Waals surface area contributed by atoms with Crippen LogP contribution in [0, 0.1) is 5.82 Å². The topological polar surface area (TPSA) is 106 Å². The highest BCUT2D eigenvalue weighted by atomic mass is 35.5. The smallest absolute Gasteiger partial charge is 0.407 e. The minimum absolute atomic E-state index is 0.138. The Balaban J connectivity index is 1.18. The molecule has 0 fully saturated rings. The van der Waals surface area contributed by atoms with Crippen LogP contribution in [0.25, 0.3) is 32.8 Å². The molecule has 4 aromatic carbocycles. The lowest BCUT2D eigenvalue weighted by Gasteiger charge is -2.19. The van der Waals surface area contributed by atoms with E-state index in [9.17, 15) is 14.0 Å². The Bertz CT molecular complexity index is 2490.